The molecule has 1 aliphatic rings. The van der Waals surface area contributed by atoms with Crippen molar-refractivity contribution in [1.29, 1.82) is 0 Å². The summed E-state index contributed by atoms with van der Waals surface area (Å²) >= 11 is 0. The van der Waals surface area contributed by atoms with E-state index in [4.69, 9.17) is 9.47 Å². The van der Waals surface area contributed by atoms with Gasteiger partial charge < -0.3 is 9.47 Å². The quantitative estimate of drug-likeness (QED) is 0.285. The summed E-state index contributed by atoms with van der Waals surface area (Å²) in [5, 5.41) is 0. The molecule has 0 radical (unpaired) electrons. The molecular weight excluding hydrogens is 536 g/mol. The van der Waals surface area contributed by atoms with Crippen molar-refractivity contribution in [1.82, 2.24) is 0 Å². The van der Waals surface area contributed by atoms with Crippen LogP contribution in [-0.2, 0) is 10.8 Å². The summed E-state index contributed by atoms with van der Waals surface area (Å²) in [5.41, 5.74) is 4.25. The maximum absolute atomic E-state index is 6.19. The van der Waals surface area contributed by atoms with Crippen molar-refractivity contribution >= 4 is 0 Å². The standard InChI is InChI=1S/C42H52O2/c1-41(2,3)37-27-29-39-35(33-37)25-21-17-13-14-18-22-26-36-34-38(42(4,5)6)28-30-40(36)44-32-24-20-16-12-10-8-7-9-11-15-19-23-31-43-39/h27-30,33-34H,7-12,15-16,19-20,23-24,31-32H2,1-6H3. The highest BCUT2D eigenvalue weighted by molar-refractivity contribution is 5.54. The zero-order chi connectivity index (χ0) is 31.7. The van der Waals surface area contributed by atoms with Crippen molar-refractivity contribution < 1.29 is 9.47 Å². The Morgan fingerprint density at radius 2 is 0.750 bits per heavy atom. The van der Waals surface area contributed by atoms with Crippen molar-refractivity contribution in [2.75, 3.05) is 13.2 Å². The highest BCUT2D eigenvalue weighted by Gasteiger charge is 2.16. The predicted molar refractivity (Wildman–Crippen MR) is 186 cm³/mol. The third-order valence-corrected chi connectivity index (χ3v) is 7.95. The Morgan fingerprint density at radius 1 is 0.432 bits per heavy atom. The Hall–Kier alpha value is -3.72. The molecule has 0 atom stereocenters. The van der Waals surface area contributed by atoms with Crippen molar-refractivity contribution in [2.45, 2.75) is 129 Å². The topological polar surface area (TPSA) is 18.5 Å². The van der Waals surface area contributed by atoms with Crippen LogP contribution in [0.3, 0.4) is 0 Å². The van der Waals surface area contributed by atoms with Crippen molar-refractivity contribution in [3.8, 4) is 58.9 Å². The van der Waals surface area contributed by atoms with E-state index in [-0.39, 0.29) is 10.8 Å². The van der Waals surface area contributed by atoms with Crippen LogP contribution < -0.4 is 9.47 Å². The summed E-state index contributed by atoms with van der Waals surface area (Å²) < 4.78 is 12.4. The third-order valence-electron chi connectivity index (χ3n) is 7.95. The van der Waals surface area contributed by atoms with Gasteiger partial charge >= 0.3 is 0 Å². The smallest absolute Gasteiger partial charge is 0.134 e. The molecule has 1 heterocycles. The fourth-order valence-corrected chi connectivity index (χ4v) is 5.10. The first-order valence-corrected chi connectivity index (χ1v) is 16.7. The van der Waals surface area contributed by atoms with Gasteiger partial charge in [0.15, 0.2) is 0 Å². The maximum Gasteiger partial charge on any atom is 0.134 e. The van der Waals surface area contributed by atoms with Gasteiger partial charge in [0.1, 0.15) is 11.5 Å². The average molecular weight is 589 g/mol. The van der Waals surface area contributed by atoms with Crippen LogP contribution in [0, 0.1) is 47.4 Å². The van der Waals surface area contributed by atoms with E-state index in [0.29, 0.717) is 13.2 Å². The molecule has 0 aromatic heterocycles. The molecule has 0 saturated carbocycles. The van der Waals surface area contributed by atoms with Crippen molar-refractivity contribution in [3.05, 3.63) is 58.7 Å². The second-order valence-corrected chi connectivity index (χ2v) is 13.9. The molecule has 0 amide bonds. The van der Waals surface area contributed by atoms with E-state index in [9.17, 15) is 0 Å². The summed E-state index contributed by atoms with van der Waals surface area (Å²) in [4.78, 5) is 0. The van der Waals surface area contributed by atoms with E-state index >= 15 is 0 Å². The summed E-state index contributed by atoms with van der Waals surface area (Å²) in [7, 11) is 0. The Kier molecular flexibility index (Phi) is 14.4. The first kappa shape index (κ1) is 34.8. The molecule has 232 valence electrons. The molecule has 2 nitrogen and oxygen atoms in total. The van der Waals surface area contributed by atoms with Gasteiger partial charge in [-0.15, -0.1) is 0 Å². The summed E-state index contributed by atoms with van der Waals surface area (Å²) in [6, 6.07) is 12.7. The fraction of sp³-hybridized carbons (Fsp3) is 0.524. The highest BCUT2D eigenvalue weighted by atomic mass is 16.5. The largest absolute Gasteiger partial charge is 0.492 e. The molecule has 0 fully saturated rings. The molecule has 1 aliphatic heterocycles. The Bertz CT molecular complexity index is 1340. The zero-order valence-corrected chi connectivity index (χ0v) is 28.2. The average Bonchev–Trinajstić information content (AvgIpc) is 2.97. The van der Waals surface area contributed by atoms with Gasteiger partial charge in [-0.25, -0.2) is 0 Å². The number of fused-ring (bicyclic) bond motifs is 2. The minimum Gasteiger partial charge on any atom is -0.492 e. The van der Waals surface area contributed by atoms with Gasteiger partial charge in [-0.3, -0.25) is 0 Å². The lowest BCUT2D eigenvalue weighted by Crippen LogP contribution is -2.11. The van der Waals surface area contributed by atoms with Gasteiger partial charge in [-0.05, 0) is 106 Å². The lowest BCUT2D eigenvalue weighted by atomic mass is 9.86. The molecule has 3 rings (SSSR count). The molecule has 44 heavy (non-hydrogen) atoms. The Balaban J connectivity index is 1.80. The lowest BCUT2D eigenvalue weighted by Gasteiger charge is -2.20. The minimum absolute atomic E-state index is 0.0268. The normalized spacial score (nSPS) is 16.0. The molecule has 2 aromatic rings. The number of hydrogen-bond donors (Lipinski definition) is 0. The Morgan fingerprint density at radius 3 is 1.09 bits per heavy atom. The van der Waals surface area contributed by atoms with Crippen molar-refractivity contribution in [3.63, 3.8) is 0 Å². The second kappa shape index (κ2) is 18.2. The first-order chi connectivity index (χ1) is 21.1. The van der Waals surface area contributed by atoms with Crippen LogP contribution >= 0.6 is 0 Å². The van der Waals surface area contributed by atoms with Crippen LogP contribution in [0.15, 0.2) is 36.4 Å². The molecule has 2 aromatic carbocycles. The van der Waals surface area contributed by atoms with E-state index in [1.165, 1.54) is 75.3 Å². The van der Waals surface area contributed by atoms with E-state index in [1.807, 2.05) is 0 Å². The first-order valence-electron chi connectivity index (χ1n) is 16.7. The molecule has 2 heteroatoms. The molecule has 0 unspecified atom stereocenters. The van der Waals surface area contributed by atoms with E-state index in [2.05, 4.69) is 125 Å². The number of benzene rings is 2. The van der Waals surface area contributed by atoms with E-state index in [1.54, 1.807) is 0 Å². The Labute approximate surface area is 269 Å². The maximum atomic E-state index is 6.19. The van der Waals surface area contributed by atoms with E-state index < -0.39 is 0 Å². The van der Waals surface area contributed by atoms with Gasteiger partial charge in [-0.2, -0.15) is 0 Å². The molecule has 0 saturated heterocycles. The third kappa shape index (κ3) is 12.9. The molecule has 0 bridgehead atoms. The number of hydrogen-bond acceptors (Lipinski definition) is 2. The summed E-state index contributed by atoms with van der Waals surface area (Å²) in [6.07, 6.45) is 15.1. The van der Waals surface area contributed by atoms with Crippen LogP contribution in [0.2, 0.25) is 0 Å². The number of rotatable bonds is 0. The van der Waals surface area contributed by atoms with Crippen LogP contribution in [0.25, 0.3) is 0 Å². The molecular formula is C42H52O2. The van der Waals surface area contributed by atoms with Gasteiger partial charge in [0.2, 0.25) is 0 Å². The monoisotopic (exact) mass is 588 g/mol. The minimum atomic E-state index is 0.0268. The van der Waals surface area contributed by atoms with Gasteiger partial charge in [0.05, 0.1) is 24.3 Å². The molecule has 0 spiro atoms. The zero-order valence-electron chi connectivity index (χ0n) is 28.2. The van der Waals surface area contributed by atoms with Crippen molar-refractivity contribution in [2.24, 2.45) is 0 Å². The molecule has 0 aliphatic carbocycles. The van der Waals surface area contributed by atoms with E-state index in [0.717, 1.165) is 35.5 Å². The van der Waals surface area contributed by atoms with Gasteiger partial charge in [0.25, 0.3) is 0 Å². The SMILES string of the molecule is CC(C)(C)c1ccc2c(c1)C#CC#CC#CC#Cc1cc(C(C)(C)C)ccc1OCCCCCCCCCCCCCCO2. The van der Waals surface area contributed by atoms with Crippen LogP contribution in [-0.4, -0.2) is 13.2 Å². The second-order valence-electron chi connectivity index (χ2n) is 13.9. The molecule has 0 N–H and O–H groups in total. The highest BCUT2D eigenvalue weighted by Crippen LogP contribution is 2.29. The summed E-state index contributed by atoms with van der Waals surface area (Å²) in [6.45, 7) is 14.7. The predicted octanol–water partition coefficient (Wildman–Crippen LogP) is 10.1. The van der Waals surface area contributed by atoms with Crippen LogP contribution in [0.4, 0.5) is 0 Å². The van der Waals surface area contributed by atoms with Crippen LogP contribution in [0.1, 0.15) is 141 Å². The van der Waals surface area contributed by atoms with Crippen LogP contribution in [0.5, 0.6) is 11.5 Å². The number of ether oxygens (including phenoxy) is 2. The van der Waals surface area contributed by atoms with Gasteiger partial charge in [-0.1, -0.05) is 118 Å². The fourth-order valence-electron chi connectivity index (χ4n) is 5.10. The lowest BCUT2D eigenvalue weighted by molar-refractivity contribution is 0.302. The summed E-state index contributed by atoms with van der Waals surface area (Å²) in [5.74, 6) is 25.4. The van der Waals surface area contributed by atoms with Gasteiger partial charge in [0, 0.05) is 0 Å².